The fourth-order valence-electron chi connectivity index (χ4n) is 4.56. The standard InChI is InChI=1S/C25H28N6O2/c1-4-18-14-23(32)31-17(2)6-5-13-33-22-15-19(27-25-26-16-20(18)24(31)28-25)7-8-21(22)30-11-9-29(3)10-12-30/h1,7-8,14-17H,5-6,9-13H2,2-3H3,(H,26,27,28)/t17-/m1/s1. The molecule has 5 rings (SSSR count). The Bertz CT molecular complexity index is 1290. The smallest absolute Gasteiger partial charge is 0.253 e. The number of terminal acetylenes is 1. The third-order valence-electron chi connectivity index (χ3n) is 6.47. The van der Waals surface area contributed by atoms with E-state index in [1.165, 1.54) is 6.07 Å². The van der Waals surface area contributed by atoms with Gasteiger partial charge in [0.15, 0.2) is 0 Å². The molecule has 4 bridgehead atoms. The monoisotopic (exact) mass is 444 g/mol. The molecule has 0 saturated carbocycles. The first kappa shape index (κ1) is 21.3. The number of benzene rings is 1. The molecule has 2 aliphatic heterocycles. The minimum absolute atomic E-state index is 0.0564. The molecule has 0 aliphatic carbocycles. The summed E-state index contributed by atoms with van der Waals surface area (Å²) in [6, 6.07) is 7.56. The molecule has 1 fully saturated rings. The van der Waals surface area contributed by atoms with E-state index in [0.717, 1.165) is 56.1 Å². The predicted molar refractivity (Wildman–Crippen MR) is 131 cm³/mol. The lowest BCUT2D eigenvalue weighted by Crippen LogP contribution is -2.44. The van der Waals surface area contributed by atoms with E-state index < -0.39 is 0 Å². The highest BCUT2D eigenvalue weighted by molar-refractivity contribution is 5.82. The van der Waals surface area contributed by atoms with E-state index in [-0.39, 0.29) is 11.6 Å². The van der Waals surface area contributed by atoms with Gasteiger partial charge in [0.2, 0.25) is 5.95 Å². The van der Waals surface area contributed by atoms with Gasteiger partial charge >= 0.3 is 0 Å². The number of piperazine rings is 1. The van der Waals surface area contributed by atoms with Gasteiger partial charge < -0.3 is 19.9 Å². The van der Waals surface area contributed by atoms with Gasteiger partial charge in [-0.1, -0.05) is 5.92 Å². The molecule has 1 saturated heterocycles. The Labute approximate surface area is 193 Å². The summed E-state index contributed by atoms with van der Waals surface area (Å²) < 4.78 is 7.98. The van der Waals surface area contributed by atoms with Gasteiger partial charge in [0.1, 0.15) is 11.4 Å². The molecule has 33 heavy (non-hydrogen) atoms. The minimum atomic E-state index is -0.152. The molecule has 2 aliphatic rings. The number of anilines is 3. The summed E-state index contributed by atoms with van der Waals surface area (Å²) in [5.74, 6) is 3.86. The predicted octanol–water partition coefficient (Wildman–Crippen LogP) is 3.00. The molecule has 170 valence electrons. The van der Waals surface area contributed by atoms with E-state index in [0.29, 0.717) is 29.2 Å². The highest BCUT2D eigenvalue weighted by atomic mass is 16.5. The van der Waals surface area contributed by atoms with Gasteiger partial charge in [-0.25, -0.2) is 4.98 Å². The van der Waals surface area contributed by atoms with Crippen LogP contribution in [0.15, 0.2) is 35.3 Å². The molecule has 1 N–H and O–H groups in total. The van der Waals surface area contributed by atoms with E-state index in [4.69, 9.17) is 16.1 Å². The Balaban J connectivity index is 1.57. The van der Waals surface area contributed by atoms with E-state index in [1.807, 2.05) is 19.1 Å². The van der Waals surface area contributed by atoms with E-state index in [9.17, 15) is 4.79 Å². The number of aromatic nitrogens is 3. The maximum Gasteiger partial charge on any atom is 0.253 e. The first-order valence-electron chi connectivity index (χ1n) is 11.4. The number of pyridine rings is 1. The van der Waals surface area contributed by atoms with Crippen LogP contribution in [0.2, 0.25) is 0 Å². The summed E-state index contributed by atoms with van der Waals surface area (Å²) >= 11 is 0. The zero-order chi connectivity index (χ0) is 22.9. The molecule has 1 aromatic carbocycles. The van der Waals surface area contributed by atoms with Crippen molar-refractivity contribution in [1.82, 2.24) is 19.4 Å². The van der Waals surface area contributed by atoms with Crippen molar-refractivity contribution < 1.29 is 4.74 Å². The van der Waals surface area contributed by atoms with Gasteiger partial charge in [0, 0.05) is 61.8 Å². The molecule has 0 unspecified atom stereocenters. The normalized spacial score (nSPS) is 19.1. The highest BCUT2D eigenvalue weighted by Gasteiger charge is 2.20. The van der Waals surface area contributed by atoms with Crippen LogP contribution in [0, 0.1) is 12.3 Å². The SMILES string of the molecule is C#Cc1cc(=O)n2c3nc(ncc13)Nc1ccc(N3CCN(C)CC3)c(c1)OCCC[C@H]2C. The fraction of sp³-hybridized carbons (Fsp3) is 0.400. The number of fused-ring (bicyclic) bond motifs is 3. The summed E-state index contributed by atoms with van der Waals surface area (Å²) in [6.07, 6.45) is 8.93. The quantitative estimate of drug-likeness (QED) is 0.578. The second-order valence-electron chi connectivity index (χ2n) is 8.78. The molecule has 0 amide bonds. The number of hydrogen-bond donors (Lipinski definition) is 1. The van der Waals surface area contributed by atoms with Crippen LogP contribution in [-0.2, 0) is 0 Å². The average Bonchev–Trinajstić information content (AvgIpc) is 2.82. The van der Waals surface area contributed by atoms with Crippen LogP contribution in [0.1, 0.15) is 31.4 Å². The lowest BCUT2D eigenvalue weighted by Gasteiger charge is -2.35. The zero-order valence-corrected chi connectivity index (χ0v) is 19.0. The van der Waals surface area contributed by atoms with Crippen LogP contribution < -0.4 is 20.5 Å². The van der Waals surface area contributed by atoms with Crippen LogP contribution in [0.3, 0.4) is 0 Å². The van der Waals surface area contributed by atoms with Gasteiger partial charge in [-0.3, -0.25) is 9.36 Å². The molecule has 0 spiro atoms. The summed E-state index contributed by atoms with van der Waals surface area (Å²) in [5, 5.41) is 3.98. The van der Waals surface area contributed by atoms with Gasteiger partial charge in [-0.15, -0.1) is 6.42 Å². The Morgan fingerprint density at radius 3 is 2.82 bits per heavy atom. The van der Waals surface area contributed by atoms with Gasteiger partial charge in [-0.2, -0.15) is 4.98 Å². The van der Waals surface area contributed by atoms with Crippen molar-refractivity contribution in [2.24, 2.45) is 0 Å². The Morgan fingerprint density at radius 2 is 2.03 bits per heavy atom. The topological polar surface area (TPSA) is 75.5 Å². The number of rotatable bonds is 1. The van der Waals surface area contributed by atoms with Crippen LogP contribution >= 0.6 is 0 Å². The number of nitrogens with zero attached hydrogens (tertiary/aromatic N) is 5. The third kappa shape index (κ3) is 4.12. The Hall–Kier alpha value is -3.57. The van der Waals surface area contributed by atoms with Crippen molar-refractivity contribution in [3.8, 4) is 18.1 Å². The zero-order valence-electron chi connectivity index (χ0n) is 19.0. The number of hydrogen-bond acceptors (Lipinski definition) is 7. The molecule has 1 atom stereocenters. The van der Waals surface area contributed by atoms with Crippen LogP contribution in [-0.4, -0.2) is 59.3 Å². The Kier molecular flexibility index (Phi) is 5.65. The summed E-state index contributed by atoms with van der Waals surface area (Å²) in [7, 11) is 2.15. The minimum Gasteiger partial charge on any atom is -0.491 e. The maximum atomic E-state index is 12.9. The molecule has 2 aromatic heterocycles. The van der Waals surface area contributed by atoms with Gasteiger partial charge in [0.05, 0.1) is 17.7 Å². The van der Waals surface area contributed by atoms with Crippen molar-refractivity contribution in [3.63, 3.8) is 0 Å². The van der Waals surface area contributed by atoms with Crippen molar-refractivity contribution in [2.75, 3.05) is 50.1 Å². The van der Waals surface area contributed by atoms with Gasteiger partial charge in [0.25, 0.3) is 5.56 Å². The molecule has 8 nitrogen and oxygen atoms in total. The highest BCUT2D eigenvalue weighted by Crippen LogP contribution is 2.34. The van der Waals surface area contributed by atoms with Crippen molar-refractivity contribution >= 4 is 28.4 Å². The lowest BCUT2D eigenvalue weighted by atomic mass is 10.1. The van der Waals surface area contributed by atoms with Crippen molar-refractivity contribution in [1.29, 1.82) is 0 Å². The summed E-state index contributed by atoms with van der Waals surface area (Å²) in [4.78, 5) is 26.8. The van der Waals surface area contributed by atoms with Gasteiger partial charge in [-0.05, 0) is 38.9 Å². The number of nitrogens with one attached hydrogen (secondary N) is 1. The molecule has 3 aromatic rings. The average molecular weight is 445 g/mol. The van der Waals surface area contributed by atoms with Crippen molar-refractivity contribution in [2.45, 2.75) is 25.8 Å². The van der Waals surface area contributed by atoms with E-state index in [2.05, 4.69) is 39.1 Å². The lowest BCUT2D eigenvalue weighted by molar-refractivity contribution is 0.289. The largest absolute Gasteiger partial charge is 0.491 e. The molecular formula is C25H28N6O2. The summed E-state index contributed by atoms with van der Waals surface area (Å²) in [5.41, 5.74) is 2.84. The van der Waals surface area contributed by atoms with Crippen LogP contribution in [0.5, 0.6) is 5.75 Å². The second-order valence-corrected chi connectivity index (χ2v) is 8.78. The second kappa shape index (κ2) is 8.75. The van der Waals surface area contributed by atoms with Crippen molar-refractivity contribution in [3.05, 3.63) is 46.4 Å². The number of likely N-dealkylation sites (N-methyl/N-ethyl adjacent to an activating group) is 1. The first-order chi connectivity index (χ1) is 16.0. The summed E-state index contributed by atoms with van der Waals surface area (Å²) in [6.45, 7) is 6.58. The molecule has 4 heterocycles. The first-order valence-corrected chi connectivity index (χ1v) is 11.4. The maximum absolute atomic E-state index is 12.9. The van der Waals surface area contributed by atoms with Crippen LogP contribution in [0.4, 0.5) is 17.3 Å². The fourth-order valence-corrected chi connectivity index (χ4v) is 4.56. The molecule has 0 radical (unpaired) electrons. The number of ether oxygens (including phenoxy) is 1. The van der Waals surface area contributed by atoms with E-state index in [1.54, 1.807) is 10.8 Å². The van der Waals surface area contributed by atoms with E-state index >= 15 is 0 Å². The molecule has 8 heteroatoms. The third-order valence-corrected chi connectivity index (χ3v) is 6.47. The van der Waals surface area contributed by atoms with Crippen LogP contribution in [0.25, 0.3) is 11.0 Å². The molecular weight excluding hydrogens is 416 g/mol. The Morgan fingerprint density at radius 1 is 1.21 bits per heavy atom.